The van der Waals surface area contributed by atoms with E-state index in [1.807, 2.05) is 30.5 Å². The lowest BCUT2D eigenvalue weighted by atomic mass is 10.3. The highest BCUT2D eigenvalue weighted by Crippen LogP contribution is 2.06. The average Bonchev–Trinajstić information content (AvgIpc) is 2.65. The SMILES string of the molecule is C=CC[SH](=N)=O.c1ccc2[nH]ncc2c1. The van der Waals surface area contributed by atoms with Gasteiger partial charge in [0.05, 0.1) is 11.7 Å². The van der Waals surface area contributed by atoms with Crippen LogP contribution in [0, 0.1) is 4.78 Å². The Morgan fingerprint density at radius 3 is 2.80 bits per heavy atom. The Bertz CT molecular complexity index is 464. The number of aromatic nitrogens is 2. The topological polar surface area (TPSA) is 69.6 Å². The van der Waals surface area contributed by atoms with Crippen molar-refractivity contribution in [2.45, 2.75) is 0 Å². The number of fused-ring (bicyclic) bond motifs is 1. The molecular weight excluding hydrogens is 210 g/mol. The molecule has 1 atom stereocenters. The smallest absolute Gasteiger partial charge is 0.0650 e. The van der Waals surface area contributed by atoms with Crippen LogP contribution in [0.3, 0.4) is 0 Å². The summed E-state index contributed by atoms with van der Waals surface area (Å²) in [7, 11) is -1.72. The molecule has 0 saturated heterocycles. The fourth-order valence-electron chi connectivity index (χ4n) is 1.00. The third-order valence-corrected chi connectivity index (χ3v) is 2.23. The summed E-state index contributed by atoms with van der Waals surface area (Å²) >= 11 is 0. The maximum atomic E-state index is 9.79. The standard InChI is InChI=1S/C7H6N2.C3H7NOS/c1-2-4-7-6(3-1)5-8-9-7;1-2-3-6(4)5/h1-5H,(H,8,9);2,4,6H,1,3H2. The van der Waals surface area contributed by atoms with Crippen LogP contribution in [0.4, 0.5) is 0 Å². The second-order valence-electron chi connectivity index (χ2n) is 2.81. The average molecular weight is 223 g/mol. The number of hydrogen-bond acceptors (Lipinski definition) is 3. The number of benzene rings is 1. The molecular formula is C10H13N3OS. The molecule has 0 aliphatic heterocycles. The molecule has 0 fully saturated rings. The quantitative estimate of drug-likeness (QED) is 0.538. The lowest BCUT2D eigenvalue weighted by Crippen LogP contribution is -1.73. The van der Waals surface area contributed by atoms with Gasteiger partial charge in [-0.05, 0) is 6.07 Å². The van der Waals surface area contributed by atoms with Crippen molar-refractivity contribution in [1.82, 2.24) is 10.2 Å². The van der Waals surface area contributed by atoms with Gasteiger partial charge in [-0.3, -0.25) is 14.1 Å². The second kappa shape index (κ2) is 5.98. The highest BCUT2D eigenvalue weighted by Gasteiger charge is 1.88. The molecule has 0 bridgehead atoms. The lowest BCUT2D eigenvalue weighted by Gasteiger charge is -1.81. The molecule has 0 radical (unpaired) electrons. The van der Waals surface area contributed by atoms with Gasteiger partial charge in [-0.15, -0.1) is 6.58 Å². The molecule has 0 aliphatic carbocycles. The minimum Gasteiger partial charge on any atom is -0.278 e. The Kier molecular flexibility index (Phi) is 4.56. The molecule has 4 nitrogen and oxygen atoms in total. The molecule has 1 aromatic carbocycles. The lowest BCUT2D eigenvalue weighted by molar-refractivity contribution is 0.689. The van der Waals surface area contributed by atoms with Crippen LogP contribution >= 0.6 is 0 Å². The van der Waals surface area contributed by atoms with E-state index in [1.54, 1.807) is 0 Å². The number of hydrogen-bond donors (Lipinski definition) is 3. The Hall–Kier alpha value is -1.62. The summed E-state index contributed by atoms with van der Waals surface area (Å²) < 4.78 is 16.2. The maximum Gasteiger partial charge on any atom is 0.0650 e. The Morgan fingerprint density at radius 2 is 2.27 bits per heavy atom. The number of nitrogens with zero attached hydrogens (tertiary/aromatic N) is 1. The molecule has 2 rings (SSSR count). The summed E-state index contributed by atoms with van der Waals surface area (Å²) in [4.78, 5) is 0. The normalized spacial score (nSPS) is 11.5. The van der Waals surface area contributed by atoms with Crippen molar-refractivity contribution in [2.75, 3.05) is 5.75 Å². The predicted molar refractivity (Wildman–Crippen MR) is 63.4 cm³/mol. The van der Waals surface area contributed by atoms with E-state index < -0.39 is 10.6 Å². The van der Waals surface area contributed by atoms with Crippen LogP contribution < -0.4 is 0 Å². The van der Waals surface area contributed by atoms with Crippen LogP contribution in [0.5, 0.6) is 0 Å². The summed E-state index contributed by atoms with van der Waals surface area (Å²) in [5.41, 5.74) is 1.09. The van der Waals surface area contributed by atoms with E-state index in [1.165, 1.54) is 6.08 Å². The zero-order valence-corrected chi connectivity index (χ0v) is 9.08. The van der Waals surface area contributed by atoms with Crippen molar-refractivity contribution in [2.24, 2.45) is 0 Å². The van der Waals surface area contributed by atoms with Crippen LogP contribution in [0.2, 0.25) is 0 Å². The number of aromatic amines is 1. The van der Waals surface area contributed by atoms with Gasteiger partial charge in [0, 0.05) is 21.7 Å². The number of thiol groups is 1. The molecule has 0 saturated carbocycles. The Balaban J connectivity index is 0.000000167. The number of para-hydroxylation sites is 1. The molecule has 0 amide bonds. The Labute approximate surface area is 90.0 Å². The van der Waals surface area contributed by atoms with Gasteiger partial charge in [0.2, 0.25) is 0 Å². The molecule has 15 heavy (non-hydrogen) atoms. The van der Waals surface area contributed by atoms with Crippen molar-refractivity contribution < 1.29 is 4.21 Å². The van der Waals surface area contributed by atoms with Crippen LogP contribution in [0.1, 0.15) is 0 Å². The maximum absolute atomic E-state index is 9.79. The summed E-state index contributed by atoms with van der Waals surface area (Å²) in [6, 6.07) is 8.01. The zero-order valence-electron chi connectivity index (χ0n) is 8.18. The van der Waals surface area contributed by atoms with Crippen molar-refractivity contribution in [3.63, 3.8) is 0 Å². The van der Waals surface area contributed by atoms with Crippen LogP contribution in [-0.4, -0.2) is 20.2 Å². The number of rotatable bonds is 2. The first-order chi connectivity index (χ1) is 7.24. The van der Waals surface area contributed by atoms with Crippen molar-refractivity contribution in [3.8, 4) is 0 Å². The van der Waals surface area contributed by atoms with Crippen LogP contribution in [0.25, 0.3) is 10.9 Å². The van der Waals surface area contributed by atoms with Gasteiger partial charge < -0.3 is 0 Å². The van der Waals surface area contributed by atoms with E-state index in [0.29, 0.717) is 5.75 Å². The van der Waals surface area contributed by atoms with E-state index in [0.717, 1.165) is 10.9 Å². The first-order valence-electron chi connectivity index (χ1n) is 4.39. The predicted octanol–water partition coefficient (Wildman–Crippen LogP) is 1.98. The fourth-order valence-corrected chi connectivity index (χ4v) is 1.23. The third-order valence-electron chi connectivity index (χ3n) is 1.64. The van der Waals surface area contributed by atoms with Crippen molar-refractivity contribution in [3.05, 3.63) is 43.1 Å². The second-order valence-corrected chi connectivity index (χ2v) is 3.93. The van der Waals surface area contributed by atoms with E-state index in [-0.39, 0.29) is 0 Å². The molecule has 1 aromatic heterocycles. The molecule has 2 aromatic rings. The minimum atomic E-state index is -1.72. The van der Waals surface area contributed by atoms with Crippen molar-refractivity contribution >= 4 is 21.5 Å². The highest BCUT2D eigenvalue weighted by atomic mass is 32.2. The van der Waals surface area contributed by atoms with Gasteiger partial charge in [-0.25, -0.2) is 0 Å². The minimum absolute atomic E-state index is 0.315. The van der Waals surface area contributed by atoms with Crippen molar-refractivity contribution in [1.29, 1.82) is 4.78 Å². The largest absolute Gasteiger partial charge is 0.278 e. The summed E-state index contributed by atoms with van der Waals surface area (Å²) in [5.74, 6) is 0.315. The number of H-pyrrole nitrogens is 1. The van der Waals surface area contributed by atoms with Gasteiger partial charge in [-0.1, -0.05) is 24.3 Å². The molecule has 1 heterocycles. The van der Waals surface area contributed by atoms with Gasteiger partial charge >= 0.3 is 0 Å². The van der Waals surface area contributed by atoms with Crippen LogP contribution in [0.15, 0.2) is 43.1 Å². The summed E-state index contributed by atoms with van der Waals surface area (Å²) in [6.07, 6.45) is 3.29. The molecule has 80 valence electrons. The van der Waals surface area contributed by atoms with Gasteiger partial charge in [-0.2, -0.15) is 5.10 Å². The zero-order chi connectivity index (χ0) is 11.1. The van der Waals surface area contributed by atoms with Gasteiger partial charge in [0.25, 0.3) is 0 Å². The molecule has 0 aliphatic rings. The van der Waals surface area contributed by atoms with Crippen LogP contribution in [-0.2, 0) is 10.6 Å². The first kappa shape index (κ1) is 11.5. The fraction of sp³-hybridized carbons (Fsp3) is 0.100. The van der Waals surface area contributed by atoms with Gasteiger partial charge in [0.15, 0.2) is 0 Å². The van der Waals surface area contributed by atoms with E-state index in [4.69, 9.17) is 4.78 Å². The first-order valence-corrected chi connectivity index (χ1v) is 5.83. The third kappa shape index (κ3) is 3.95. The molecule has 5 heteroatoms. The Morgan fingerprint density at radius 1 is 1.53 bits per heavy atom. The van der Waals surface area contributed by atoms with E-state index in [9.17, 15) is 4.21 Å². The highest BCUT2D eigenvalue weighted by molar-refractivity contribution is 7.73. The monoisotopic (exact) mass is 223 g/mol. The summed E-state index contributed by atoms with van der Waals surface area (Å²) in [5, 5.41) is 7.91. The number of nitrogens with one attached hydrogen (secondary N) is 2. The molecule has 1 unspecified atom stereocenters. The molecule has 2 N–H and O–H groups in total. The van der Waals surface area contributed by atoms with E-state index in [2.05, 4.69) is 16.8 Å². The van der Waals surface area contributed by atoms with E-state index >= 15 is 0 Å². The molecule has 0 spiro atoms. The summed E-state index contributed by atoms with van der Waals surface area (Å²) in [6.45, 7) is 3.30. The van der Waals surface area contributed by atoms with Gasteiger partial charge in [0.1, 0.15) is 0 Å².